The normalized spacial score (nSPS) is 10.4. The number of nitrogens with zero attached hydrogens (tertiary/aromatic N) is 3. The topological polar surface area (TPSA) is 50.9 Å². The number of hydrogen-bond acceptors (Lipinski definition) is 3. The lowest BCUT2D eigenvalue weighted by atomic mass is 10.2. The summed E-state index contributed by atoms with van der Waals surface area (Å²) in [4.78, 5) is 3.98. The molecule has 0 atom stereocenters. The van der Waals surface area contributed by atoms with Gasteiger partial charge in [-0.25, -0.2) is 4.68 Å². The lowest BCUT2D eigenvalue weighted by Gasteiger charge is -2.07. The summed E-state index contributed by atoms with van der Waals surface area (Å²) in [6.45, 7) is 0. The van der Waals surface area contributed by atoms with E-state index in [2.05, 4.69) is 10.1 Å². The Morgan fingerprint density at radius 1 is 1.00 bits per heavy atom. The zero-order chi connectivity index (χ0) is 12.4. The number of aromatic hydroxyl groups is 1. The quantitative estimate of drug-likeness (QED) is 0.745. The van der Waals surface area contributed by atoms with Gasteiger partial charge in [0.05, 0.1) is 23.8 Å². The predicted molar refractivity (Wildman–Crippen MR) is 68.5 cm³/mol. The fourth-order valence-electron chi connectivity index (χ4n) is 1.86. The number of benzene rings is 1. The summed E-state index contributed by atoms with van der Waals surface area (Å²) in [6.07, 6.45) is 4.84. The van der Waals surface area contributed by atoms with Gasteiger partial charge in [-0.1, -0.05) is 18.2 Å². The van der Waals surface area contributed by atoms with Gasteiger partial charge in [0.1, 0.15) is 5.75 Å². The highest BCUT2D eigenvalue weighted by Crippen LogP contribution is 2.23. The summed E-state index contributed by atoms with van der Waals surface area (Å²) >= 11 is 0. The second kappa shape index (κ2) is 4.33. The molecule has 0 aliphatic carbocycles. The molecule has 0 unspecified atom stereocenters. The molecule has 88 valence electrons. The zero-order valence-electron chi connectivity index (χ0n) is 9.56. The highest BCUT2D eigenvalue weighted by atomic mass is 16.3. The van der Waals surface area contributed by atoms with Gasteiger partial charge in [-0.05, 0) is 24.3 Å². The van der Waals surface area contributed by atoms with E-state index in [1.54, 1.807) is 18.5 Å². The largest absolute Gasteiger partial charge is 0.506 e. The average Bonchev–Trinajstić information content (AvgIpc) is 2.89. The number of aromatic nitrogens is 3. The van der Waals surface area contributed by atoms with Crippen LogP contribution in [0.25, 0.3) is 16.9 Å². The van der Waals surface area contributed by atoms with Crippen molar-refractivity contribution < 1.29 is 5.11 Å². The first-order valence-electron chi connectivity index (χ1n) is 5.58. The van der Waals surface area contributed by atoms with Gasteiger partial charge in [0.15, 0.2) is 0 Å². The highest BCUT2D eigenvalue weighted by Gasteiger charge is 2.07. The molecular formula is C14H11N3O. The van der Waals surface area contributed by atoms with Crippen molar-refractivity contribution in [2.24, 2.45) is 0 Å². The Balaban J connectivity index is 2.13. The maximum Gasteiger partial charge on any atom is 0.134 e. The second-order valence-corrected chi connectivity index (χ2v) is 3.90. The summed E-state index contributed by atoms with van der Waals surface area (Å²) in [7, 11) is 0. The van der Waals surface area contributed by atoms with E-state index < -0.39 is 0 Å². The third-order valence-corrected chi connectivity index (χ3v) is 2.66. The maximum absolute atomic E-state index is 9.48. The van der Waals surface area contributed by atoms with Gasteiger partial charge in [-0.3, -0.25) is 4.98 Å². The highest BCUT2D eigenvalue weighted by molar-refractivity contribution is 5.62. The molecule has 3 rings (SSSR count). The average molecular weight is 237 g/mol. The van der Waals surface area contributed by atoms with Gasteiger partial charge in [0.25, 0.3) is 0 Å². The predicted octanol–water partition coefficient (Wildman–Crippen LogP) is 2.64. The molecule has 0 aliphatic heterocycles. The van der Waals surface area contributed by atoms with Crippen molar-refractivity contribution in [2.75, 3.05) is 0 Å². The van der Waals surface area contributed by atoms with Crippen LogP contribution < -0.4 is 0 Å². The van der Waals surface area contributed by atoms with Crippen molar-refractivity contribution in [1.82, 2.24) is 14.8 Å². The Kier molecular flexibility index (Phi) is 2.53. The van der Waals surface area contributed by atoms with Gasteiger partial charge in [-0.2, -0.15) is 5.10 Å². The van der Waals surface area contributed by atoms with Gasteiger partial charge < -0.3 is 5.11 Å². The van der Waals surface area contributed by atoms with Crippen LogP contribution in [0.4, 0.5) is 0 Å². The Morgan fingerprint density at radius 3 is 2.61 bits per heavy atom. The van der Waals surface area contributed by atoms with Crippen LogP contribution in [0, 0.1) is 0 Å². The van der Waals surface area contributed by atoms with Crippen molar-refractivity contribution in [3.63, 3.8) is 0 Å². The third-order valence-electron chi connectivity index (χ3n) is 2.66. The van der Waals surface area contributed by atoms with Crippen molar-refractivity contribution >= 4 is 0 Å². The maximum atomic E-state index is 9.48. The van der Waals surface area contributed by atoms with E-state index in [0.29, 0.717) is 0 Å². The fraction of sp³-hybridized carbons (Fsp3) is 0. The van der Waals surface area contributed by atoms with Crippen LogP contribution in [0.5, 0.6) is 5.75 Å². The lowest BCUT2D eigenvalue weighted by Crippen LogP contribution is -1.98. The van der Waals surface area contributed by atoms with E-state index in [1.165, 1.54) is 6.20 Å². The van der Waals surface area contributed by atoms with Crippen LogP contribution in [0.15, 0.2) is 61.1 Å². The van der Waals surface area contributed by atoms with Gasteiger partial charge in [0.2, 0.25) is 0 Å². The molecule has 1 aromatic carbocycles. The first-order valence-corrected chi connectivity index (χ1v) is 5.58. The van der Waals surface area contributed by atoms with Gasteiger partial charge in [0, 0.05) is 11.8 Å². The zero-order valence-corrected chi connectivity index (χ0v) is 9.56. The lowest BCUT2D eigenvalue weighted by molar-refractivity contribution is 0.473. The Morgan fingerprint density at radius 2 is 1.83 bits per heavy atom. The molecule has 4 heteroatoms. The van der Waals surface area contributed by atoms with E-state index in [0.717, 1.165) is 16.9 Å². The molecule has 18 heavy (non-hydrogen) atoms. The fourth-order valence-corrected chi connectivity index (χ4v) is 1.86. The smallest absolute Gasteiger partial charge is 0.134 e. The van der Waals surface area contributed by atoms with Gasteiger partial charge >= 0.3 is 0 Å². The molecule has 0 spiro atoms. The molecule has 0 amide bonds. The number of pyridine rings is 1. The Hall–Kier alpha value is -2.62. The van der Waals surface area contributed by atoms with E-state index in [-0.39, 0.29) is 5.75 Å². The minimum atomic E-state index is 0.147. The molecule has 0 bridgehead atoms. The molecule has 4 nitrogen and oxygen atoms in total. The molecule has 1 N–H and O–H groups in total. The summed E-state index contributed by atoms with van der Waals surface area (Å²) < 4.78 is 1.82. The van der Waals surface area contributed by atoms with E-state index >= 15 is 0 Å². The van der Waals surface area contributed by atoms with Crippen molar-refractivity contribution in [3.8, 4) is 22.7 Å². The van der Waals surface area contributed by atoms with Gasteiger partial charge in [-0.15, -0.1) is 0 Å². The summed E-state index contributed by atoms with van der Waals surface area (Å²) in [6, 6.07) is 13.4. The second-order valence-electron chi connectivity index (χ2n) is 3.90. The monoisotopic (exact) mass is 237 g/mol. The minimum absolute atomic E-state index is 0.147. The summed E-state index contributed by atoms with van der Waals surface area (Å²) in [5, 5.41) is 13.8. The SMILES string of the molecule is Oc1cncc(-c2ccnn2-c2ccccc2)c1. The molecule has 3 aromatic rings. The minimum Gasteiger partial charge on any atom is -0.506 e. The third kappa shape index (κ3) is 1.84. The number of para-hydroxylation sites is 1. The van der Waals surface area contributed by atoms with E-state index in [9.17, 15) is 5.11 Å². The van der Waals surface area contributed by atoms with Crippen LogP contribution in [-0.4, -0.2) is 19.9 Å². The van der Waals surface area contributed by atoms with Crippen molar-refractivity contribution in [2.45, 2.75) is 0 Å². The van der Waals surface area contributed by atoms with Crippen LogP contribution in [0.1, 0.15) is 0 Å². The molecule has 0 saturated heterocycles. The summed E-state index contributed by atoms with van der Waals surface area (Å²) in [5.74, 6) is 0.147. The molecular weight excluding hydrogens is 226 g/mol. The first kappa shape index (κ1) is 10.5. The molecule has 0 radical (unpaired) electrons. The molecule has 2 aromatic heterocycles. The van der Waals surface area contributed by atoms with Crippen molar-refractivity contribution in [1.29, 1.82) is 0 Å². The van der Waals surface area contributed by atoms with E-state index in [1.807, 2.05) is 41.1 Å². The summed E-state index contributed by atoms with van der Waals surface area (Å²) in [5.41, 5.74) is 2.70. The van der Waals surface area contributed by atoms with Crippen molar-refractivity contribution in [3.05, 3.63) is 61.1 Å². The van der Waals surface area contributed by atoms with Crippen LogP contribution in [0.2, 0.25) is 0 Å². The van der Waals surface area contributed by atoms with E-state index in [4.69, 9.17) is 0 Å². The molecule has 0 fully saturated rings. The molecule has 0 aliphatic rings. The van der Waals surface area contributed by atoms with Crippen LogP contribution in [0.3, 0.4) is 0 Å². The standard InChI is InChI=1S/C14H11N3O/c18-13-8-11(9-15-10-13)14-6-7-16-17(14)12-4-2-1-3-5-12/h1-10,18H. The Bertz CT molecular complexity index is 662. The molecule has 2 heterocycles. The van der Waals surface area contributed by atoms with Crippen LogP contribution >= 0.6 is 0 Å². The Labute approximate surface area is 104 Å². The van der Waals surface area contributed by atoms with Crippen LogP contribution in [-0.2, 0) is 0 Å². The number of rotatable bonds is 2. The first-order chi connectivity index (χ1) is 8.84. The number of hydrogen-bond donors (Lipinski definition) is 1. The molecule has 0 saturated carbocycles.